The van der Waals surface area contributed by atoms with Gasteiger partial charge in [0.05, 0.1) is 0 Å². The summed E-state index contributed by atoms with van der Waals surface area (Å²) in [5, 5.41) is 12.6. The first-order chi connectivity index (χ1) is 13.5. The molecule has 2 heterocycles. The van der Waals surface area contributed by atoms with Crippen molar-refractivity contribution in [1.82, 2.24) is 10.2 Å². The van der Waals surface area contributed by atoms with E-state index in [1.54, 1.807) is 29.2 Å². The van der Waals surface area contributed by atoms with Gasteiger partial charge in [-0.2, -0.15) is 0 Å². The van der Waals surface area contributed by atoms with E-state index in [0.717, 1.165) is 16.3 Å². The molecule has 0 aliphatic carbocycles. The molecule has 2 amide bonds. The van der Waals surface area contributed by atoms with Crippen LogP contribution in [0.5, 0.6) is 0 Å². The number of anilines is 2. The Labute approximate surface area is 171 Å². The summed E-state index contributed by atoms with van der Waals surface area (Å²) in [6.45, 7) is 2.55. The summed E-state index contributed by atoms with van der Waals surface area (Å²) in [5.41, 5.74) is 2.43. The molecule has 1 aliphatic rings. The van der Waals surface area contributed by atoms with E-state index in [9.17, 15) is 9.59 Å². The second-order valence-electron chi connectivity index (χ2n) is 6.60. The number of nitrogens with one attached hydrogen (secondary N) is 1. The second-order valence-corrected chi connectivity index (χ2v) is 8.05. The van der Waals surface area contributed by atoms with Crippen LogP contribution in [0.25, 0.3) is 0 Å². The van der Waals surface area contributed by atoms with E-state index >= 15 is 0 Å². The zero-order chi connectivity index (χ0) is 19.7. The first-order valence-electron chi connectivity index (χ1n) is 8.77. The van der Waals surface area contributed by atoms with Crippen molar-refractivity contribution in [2.75, 3.05) is 16.8 Å². The topological polar surface area (TPSA) is 75.2 Å². The summed E-state index contributed by atoms with van der Waals surface area (Å²) in [6.07, 6.45) is 0.380. The Kier molecular flexibility index (Phi) is 5.11. The van der Waals surface area contributed by atoms with Crippen molar-refractivity contribution in [2.45, 2.75) is 19.3 Å². The highest BCUT2D eigenvalue weighted by atomic mass is 35.5. The summed E-state index contributed by atoms with van der Waals surface area (Å²) in [5.74, 6) is -0.269. The van der Waals surface area contributed by atoms with E-state index in [0.29, 0.717) is 28.7 Å². The van der Waals surface area contributed by atoms with E-state index in [4.69, 9.17) is 11.6 Å². The van der Waals surface area contributed by atoms with Crippen LogP contribution in [0.15, 0.2) is 48.5 Å². The zero-order valence-corrected chi connectivity index (χ0v) is 16.6. The molecule has 1 saturated heterocycles. The number of hydrogen-bond acceptors (Lipinski definition) is 5. The standard InChI is InChI=1S/C20H17ClN4O2S/c1-12-5-2-3-8-16(12)25-11-14(10-17(25)26)19-23-24-20(28-19)22-18(27)13-6-4-7-15(21)9-13/h2-9,14H,10-11H2,1H3,(H,22,24,27)/t14-/m1/s1. The average Bonchev–Trinajstić information content (AvgIpc) is 3.29. The Morgan fingerprint density at radius 3 is 2.82 bits per heavy atom. The molecule has 1 fully saturated rings. The lowest BCUT2D eigenvalue weighted by Crippen LogP contribution is -2.25. The molecule has 6 nitrogen and oxygen atoms in total. The molecule has 4 rings (SSSR count). The van der Waals surface area contributed by atoms with Gasteiger partial charge in [0, 0.05) is 35.2 Å². The Bertz CT molecular complexity index is 1050. The van der Waals surface area contributed by atoms with Crippen molar-refractivity contribution >= 4 is 45.6 Å². The monoisotopic (exact) mass is 412 g/mol. The van der Waals surface area contributed by atoms with Crippen LogP contribution in [-0.2, 0) is 4.79 Å². The van der Waals surface area contributed by atoms with Crippen LogP contribution >= 0.6 is 22.9 Å². The number of nitrogens with zero attached hydrogens (tertiary/aromatic N) is 3. The Hall–Kier alpha value is -2.77. The highest BCUT2D eigenvalue weighted by Gasteiger charge is 2.34. The molecule has 0 radical (unpaired) electrons. The normalized spacial score (nSPS) is 16.4. The third-order valence-electron chi connectivity index (χ3n) is 4.63. The molecule has 28 heavy (non-hydrogen) atoms. The predicted octanol–water partition coefficient (Wildman–Crippen LogP) is 4.27. The van der Waals surface area contributed by atoms with Gasteiger partial charge in [-0.05, 0) is 36.8 Å². The number of benzene rings is 2. The van der Waals surface area contributed by atoms with Gasteiger partial charge in [-0.1, -0.05) is 47.2 Å². The number of amides is 2. The number of hydrogen-bond donors (Lipinski definition) is 1. The van der Waals surface area contributed by atoms with Crippen LogP contribution in [0, 0.1) is 6.92 Å². The molecule has 2 aromatic carbocycles. The molecule has 1 aliphatic heterocycles. The maximum atomic E-state index is 12.5. The van der Waals surface area contributed by atoms with E-state index in [1.807, 2.05) is 31.2 Å². The summed E-state index contributed by atoms with van der Waals surface area (Å²) in [7, 11) is 0. The number of carbonyl (C=O) groups is 2. The minimum Gasteiger partial charge on any atom is -0.311 e. The fourth-order valence-electron chi connectivity index (χ4n) is 3.22. The van der Waals surface area contributed by atoms with E-state index in [-0.39, 0.29) is 17.7 Å². The maximum Gasteiger partial charge on any atom is 0.257 e. The highest BCUT2D eigenvalue weighted by molar-refractivity contribution is 7.15. The molecule has 1 N–H and O–H groups in total. The van der Waals surface area contributed by atoms with Crippen molar-refractivity contribution < 1.29 is 9.59 Å². The number of aromatic nitrogens is 2. The van der Waals surface area contributed by atoms with Gasteiger partial charge in [-0.3, -0.25) is 14.9 Å². The first-order valence-corrected chi connectivity index (χ1v) is 9.97. The molecule has 3 aromatic rings. The van der Waals surface area contributed by atoms with Gasteiger partial charge in [0.15, 0.2) is 0 Å². The largest absolute Gasteiger partial charge is 0.311 e. The lowest BCUT2D eigenvalue weighted by Gasteiger charge is -2.18. The minimum absolute atomic E-state index is 0.0403. The van der Waals surface area contributed by atoms with Gasteiger partial charge >= 0.3 is 0 Å². The molecular weight excluding hydrogens is 396 g/mol. The predicted molar refractivity (Wildman–Crippen MR) is 110 cm³/mol. The highest BCUT2D eigenvalue weighted by Crippen LogP contribution is 2.35. The second kappa shape index (κ2) is 7.69. The van der Waals surface area contributed by atoms with Crippen molar-refractivity contribution in [3.63, 3.8) is 0 Å². The van der Waals surface area contributed by atoms with Crippen LogP contribution in [0.1, 0.15) is 33.3 Å². The van der Waals surface area contributed by atoms with Gasteiger partial charge < -0.3 is 4.90 Å². The van der Waals surface area contributed by atoms with E-state index in [2.05, 4.69) is 15.5 Å². The summed E-state index contributed by atoms with van der Waals surface area (Å²) in [4.78, 5) is 26.6. The van der Waals surface area contributed by atoms with Crippen molar-refractivity contribution in [1.29, 1.82) is 0 Å². The molecular formula is C20H17ClN4O2S. The van der Waals surface area contributed by atoms with Crippen LogP contribution < -0.4 is 10.2 Å². The number of para-hydroxylation sites is 1. The van der Waals surface area contributed by atoms with Gasteiger partial charge in [-0.15, -0.1) is 10.2 Å². The fraction of sp³-hybridized carbons (Fsp3) is 0.200. The lowest BCUT2D eigenvalue weighted by atomic mass is 10.1. The Balaban J connectivity index is 1.47. The fourth-order valence-corrected chi connectivity index (χ4v) is 4.24. The zero-order valence-electron chi connectivity index (χ0n) is 15.1. The van der Waals surface area contributed by atoms with E-state index < -0.39 is 0 Å². The summed E-state index contributed by atoms with van der Waals surface area (Å²) in [6, 6.07) is 14.5. The van der Waals surface area contributed by atoms with Gasteiger partial charge in [0.1, 0.15) is 5.01 Å². The van der Waals surface area contributed by atoms with Crippen molar-refractivity contribution in [2.24, 2.45) is 0 Å². The number of rotatable bonds is 4. The first kappa shape index (κ1) is 18.6. The molecule has 0 saturated carbocycles. The molecule has 1 atom stereocenters. The maximum absolute atomic E-state index is 12.5. The Morgan fingerprint density at radius 1 is 1.21 bits per heavy atom. The van der Waals surface area contributed by atoms with Crippen LogP contribution in [0.4, 0.5) is 10.8 Å². The van der Waals surface area contributed by atoms with Crippen molar-refractivity contribution in [3.05, 3.63) is 69.7 Å². The Morgan fingerprint density at radius 2 is 2.04 bits per heavy atom. The molecule has 0 spiro atoms. The van der Waals surface area contributed by atoms with E-state index in [1.165, 1.54) is 11.3 Å². The SMILES string of the molecule is Cc1ccccc1N1C[C@H](c2nnc(NC(=O)c3cccc(Cl)c3)s2)CC1=O. The molecule has 1 aromatic heterocycles. The number of carbonyl (C=O) groups excluding carboxylic acids is 2. The van der Waals surface area contributed by atoms with Gasteiger partial charge in [-0.25, -0.2) is 0 Å². The number of aryl methyl sites for hydroxylation is 1. The molecule has 0 bridgehead atoms. The van der Waals surface area contributed by atoms with Crippen molar-refractivity contribution in [3.8, 4) is 0 Å². The molecule has 0 unspecified atom stereocenters. The van der Waals surface area contributed by atoms with Crippen LogP contribution in [-0.4, -0.2) is 28.6 Å². The number of halogens is 1. The quantitative estimate of drug-likeness (QED) is 0.694. The third-order valence-corrected chi connectivity index (χ3v) is 5.86. The van der Waals surface area contributed by atoms with Crippen LogP contribution in [0.2, 0.25) is 5.02 Å². The average molecular weight is 413 g/mol. The lowest BCUT2D eigenvalue weighted by molar-refractivity contribution is -0.117. The molecule has 142 valence electrons. The van der Waals surface area contributed by atoms with Gasteiger partial charge in [0.2, 0.25) is 11.0 Å². The molecule has 8 heteroatoms. The third kappa shape index (κ3) is 3.76. The smallest absolute Gasteiger partial charge is 0.257 e. The summed E-state index contributed by atoms with van der Waals surface area (Å²) >= 11 is 7.22. The van der Waals surface area contributed by atoms with Crippen LogP contribution in [0.3, 0.4) is 0 Å². The van der Waals surface area contributed by atoms with Gasteiger partial charge in [0.25, 0.3) is 5.91 Å². The minimum atomic E-state index is -0.297. The summed E-state index contributed by atoms with van der Waals surface area (Å²) < 4.78 is 0.